The highest BCUT2D eigenvalue weighted by atomic mass is 16.3. The Morgan fingerprint density at radius 2 is 2.44 bits per heavy atom. The van der Waals surface area contributed by atoms with Crippen LogP contribution in [0.5, 0.6) is 0 Å². The summed E-state index contributed by atoms with van der Waals surface area (Å²) in [4.78, 5) is 11.9. The Balaban J connectivity index is 2.01. The lowest BCUT2D eigenvalue weighted by atomic mass is 9.80. The van der Waals surface area contributed by atoms with E-state index in [4.69, 9.17) is 4.42 Å². The number of nitrogens with one attached hydrogen (secondary N) is 2. The van der Waals surface area contributed by atoms with E-state index in [-0.39, 0.29) is 17.4 Å². The SMILES string of the molecule is CC1(C)CNCCC1NC(=O)c1ccoc1. The molecule has 1 aliphatic heterocycles. The third-order valence-electron chi connectivity index (χ3n) is 3.22. The standard InChI is InChI=1S/C12H18N2O2/c1-12(2)8-13-5-3-10(12)14-11(15)9-4-6-16-7-9/h4,6-7,10,13H,3,5,8H2,1-2H3,(H,14,15). The molecule has 4 nitrogen and oxygen atoms in total. The van der Waals surface area contributed by atoms with Gasteiger partial charge in [-0.1, -0.05) is 13.8 Å². The molecule has 0 aromatic carbocycles. The van der Waals surface area contributed by atoms with Crippen molar-refractivity contribution in [3.63, 3.8) is 0 Å². The molecule has 1 fully saturated rings. The van der Waals surface area contributed by atoms with Gasteiger partial charge in [0.25, 0.3) is 5.91 Å². The Hall–Kier alpha value is -1.29. The average Bonchev–Trinajstić information content (AvgIpc) is 2.74. The van der Waals surface area contributed by atoms with E-state index in [0.29, 0.717) is 5.56 Å². The van der Waals surface area contributed by atoms with Crippen molar-refractivity contribution < 1.29 is 9.21 Å². The van der Waals surface area contributed by atoms with Gasteiger partial charge in [0.2, 0.25) is 0 Å². The number of amides is 1. The van der Waals surface area contributed by atoms with Crippen molar-refractivity contribution in [2.45, 2.75) is 26.3 Å². The quantitative estimate of drug-likeness (QED) is 0.795. The fourth-order valence-electron chi connectivity index (χ4n) is 2.07. The van der Waals surface area contributed by atoms with Gasteiger partial charge >= 0.3 is 0 Å². The van der Waals surface area contributed by atoms with E-state index in [2.05, 4.69) is 24.5 Å². The number of carbonyl (C=O) groups is 1. The first-order chi connectivity index (χ1) is 7.59. The normalized spacial score (nSPS) is 24.0. The molecule has 1 aliphatic rings. The Labute approximate surface area is 95.4 Å². The van der Waals surface area contributed by atoms with E-state index in [1.165, 1.54) is 12.5 Å². The maximum absolute atomic E-state index is 11.9. The van der Waals surface area contributed by atoms with Crippen molar-refractivity contribution in [3.8, 4) is 0 Å². The predicted molar refractivity (Wildman–Crippen MR) is 61.2 cm³/mol. The van der Waals surface area contributed by atoms with E-state index in [1.54, 1.807) is 6.07 Å². The van der Waals surface area contributed by atoms with Gasteiger partial charge in [-0.3, -0.25) is 4.79 Å². The highest BCUT2D eigenvalue weighted by Gasteiger charge is 2.33. The first kappa shape index (κ1) is 11.2. The highest BCUT2D eigenvalue weighted by molar-refractivity contribution is 5.94. The Bertz CT molecular complexity index is 357. The minimum atomic E-state index is -0.0475. The lowest BCUT2D eigenvalue weighted by Gasteiger charge is -2.39. The van der Waals surface area contributed by atoms with Crippen molar-refractivity contribution in [1.82, 2.24) is 10.6 Å². The minimum Gasteiger partial charge on any atom is -0.472 e. The minimum absolute atomic E-state index is 0.0475. The number of furan rings is 1. The van der Waals surface area contributed by atoms with Crippen LogP contribution in [0.2, 0.25) is 0 Å². The summed E-state index contributed by atoms with van der Waals surface area (Å²) in [5.74, 6) is -0.0475. The summed E-state index contributed by atoms with van der Waals surface area (Å²) in [6, 6.07) is 1.90. The average molecular weight is 222 g/mol. The Kier molecular flexibility index (Phi) is 3.01. The molecular formula is C12H18N2O2. The third-order valence-corrected chi connectivity index (χ3v) is 3.22. The van der Waals surface area contributed by atoms with E-state index in [0.717, 1.165) is 19.5 Å². The summed E-state index contributed by atoms with van der Waals surface area (Å²) in [6.45, 7) is 6.22. The second-order valence-electron chi connectivity index (χ2n) is 4.99. The third kappa shape index (κ3) is 2.27. The van der Waals surface area contributed by atoms with Crippen LogP contribution in [0.1, 0.15) is 30.6 Å². The fourth-order valence-corrected chi connectivity index (χ4v) is 2.07. The molecule has 0 bridgehead atoms. The number of hydrogen-bond donors (Lipinski definition) is 2. The summed E-state index contributed by atoms with van der Waals surface area (Å²) >= 11 is 0. The number of hydrogen-bond acceptors (Lipinski definition) is 3. The smallest absolute Gasteiger partial charge is 0.254 e. The topological polar surface area (TPSA) is 54.3 Å². The summed E-state index contributed by atoms with van der Waals surface area (Å²) in [6.07, 6.45) is 3.96. The second-order valence-corrected chi connectivity index (χ2v) is 4.99. The molecule has 1 aromatic heterocycles. The van der Waals surface area contributed by atoms with Crippen LogP contribution in [0.25, 0.3) is 0 Å². The van der Waals surface area contributed by atoms with Gasteiger partial charge < -0.3 is 15.1 Å². The van der Waals surface area contributed by atoms with Crippen molar-refractivity contribution >= 4 is 5.91 Å². The second kappa shape index (κ2) is 4.29. The molecule has 0 spiro atoms. The van der Waals surface area contributed by atoms with Crippen LogP contribution < -0.4 is 10.6 Å². The van der Waals surface area contributed by atoms with Crippen LogP contribution in [0, 0.1) is 5.41 Å². The summed E-state index contributed by atoms with van der Waals surface area (Å²) < 4.78 is 4.90. The number of piperidine rings is 1. The molecule has 1 amide bonds. The first-order valence-corrected chi connectivity index (χ1v) is 5.63. The molecule has 4 heteroatoms. The molecule has 0 saturated carbocycles. The fraction of sp³-hybridized carbons (Fsp3) is 0.583. The van der Waals surface area contributed by atoms with Crippen LogP contribution in [-0.4, -0.2) is 25.0 Å². The van der Waals surface area contributed by atoms with E-state index < -0.39 is 0 Å². The lowest BCUT2D eigenvalue weighted by molar-refractivity contribution is 0.0868. The number of rotatable bonds is 2. The monoisotopic (exact) mass is 222 g/mol. The molecular weight excluding hydrogens is 204 g/mol. The summed E-state index contributed by atoms with van der Waals surface area (Å²) in [5, 5.41) is 6.42. The zero-order valence-electron chi connectivity index (χ0n) is 9.75. The van der Waals surface area contributed by atoms with Crippen LogP contribution >= 0.6 is 0 Å². The zero-order valence-corrected chi connectivity index (χ0v) is 9.75. The molecule has 1 saturated heterocycles. The first-order valence-electron chi connectivity index (χ1n) is 5.63. The predicted octanol–water partition coefficient (Wildman–Crippen LogP) is 1.40. The maximum atomic E-state index is 11.9. The van der Waals surface area contributed by atoms with Gasteiger partial charge in [-0.25, -0.2) is 0 Å². The summed E-state index contributed by atoms with van der Waals surface area (Å²) in [5.41, 5.74) is 0.687. The molecule has 88 valence electrons. The summed E-state index contributed by atoms with van der Waals surface area (Å²) in [7, 11) is 0. The maximum Gasteiger partial charge on any atom is 0.254 e. The molecule has 1 unspecified atom stereocenters. The molecule has 2 rings (SSSR count). The van der Waals surface area contributed by atoms with Crippen molar-refractivity contribution in [1.29, 1.82) is 0 Å². The van der Waals surface area contributed by atoms with Crippen LogP contribution in [0.15, 0.2) is 23.0 Å². The largest absolute Gasteiger partial charge is 0.472 e. The van der Waals surface area contributed by atoms with Crippen molar-refractivity contribution in [2.75, 3.05) is 13.1 Å². The number of carbonyl (C=O) groups excluding carboxylic acids is 1. The van der Waals surface area contributed by atoms with Gasteiger partial charge in [0.1, 0.15) is 6.26 Å². The van der Waals surface area contributed by atoms with Gasteiger partial charge in [0.15, 0.2) is 0 Å². The Morgan fingerprint density at radius 3 is 3.06 bits per heavy atom. The van der Waals surface area contributed by atoms with Gasteiger partial charge in [-0.15, -0.1) is 0 Å². The van der Waals surface area contributed by atoms with Gasteiger partial charge in [0.05, 0.1) is 11.8 Å². The van der Waals surface area contributed by atoms with Gasteiger partial charge in [-0.05, 0) is 24.4 Å². The van der Waals surface area contributed by atoms with Crippen LogP contribution in [-0.2, 0) is 0 Å². The molecule has 16 heavy (non-hydrogen) atoms. The zero-order chi connectivity index (χ0) is 11.6. The van der Waals surface area contributed by atoms with Crippen molar-refractivity contribution in [2.24, 2.45) is 5.41 Å². The van der Waals surface area contributed by atoms with E-state index in [1.807, 2.05) is 0 Å². The molecule has 0 aliphatic carbocycles. The van der Waals surface area contributed by atoms with Crippen LogP contribution in [0.4, 0.5) is 0 Å². The Morgan fingerprint density at radius 1 is 1.62 bits per heavy atom. The van der Waals surface area contributed by atoms with Gasteiger partial charge in [0, 0.05) is 12.6 Å². The highest BCUT2D eigenvalue weighted by Crippen LogP contribution is 2.25. The molecule has 2 heterocycles. The molecule has 1 aromatic rings. The molecule has 1 atom stereocenters. The molecule has 0 radical (unpaired) electrons. The van der Waals surface area contributed by atoms with E-state index >= 15 is 0 Å². The van der Waals surface area contributed by atoms with Gasteiger partial charge in [-0.2, -0.15) is 0 Å². The van der Waals surface area contributed by atoms with Crippen LogP contribution in [0.3, 0.4) is 0 Å². The lowest BCUT2D eigenvalue weighted by Crippen LogP contribution is -2.54. The molecule has 2 N–H and O–H groups in total. The van der Waals surface area contributed by atoms with E-state index in [9.17, 15) is 4.79 Å². The van der Waals surface area contributed by atoms with Crippen molar-refractivity contribution in [3.05, 3.63) is 24.2 Å².